The van der Waals surface area contributed by atoms with Crippen LogP contribution in [0.3, 0.4) is 0 Å². The van der Waals surface area contributed by atoms with Gasteiger partial charge in [-0.25, -0.2) is 8.78 Å². The molecule has 0 aliphatic rings. The Hall–Kier alpha value is -2.74. The Morgan fingerprint density at radius 1 is 1.13 bits per heavy atom. The number of nitriles is 1. The molecule has 0 saturated heterocycles. The topological polar surface area (TPSA) is 44.1 Å². The van der Waals surface area contributed by atoms with Crippen molar-refractivity contribution < 1.29 is 13.6 Å². The average Bonchev–Trinajstić information content (AvgIpc) is 2.51. The number of hydrogen-bond donors (Lipinski definition) is 0. The van der Waals surface area contributed by atoms with Crippen LogP contribution in [0.4, 0.5) is 8.78 Å². The van der Waals surface area contributed by atoms with Crippen molar-refractivity contribution in [2.45, 2.75) is 26.4 Å². The van der Waals surface area contributed by atoms with Crippen LogP contribution in [0.1, 0.15) is 35.3 Å². The quantitative estimate of drug-likeness (QED) is 0.859. The van der Waals surface area contributed by atoms with Gasteiger partial charge in [0.05, 0.1) is 11.6 Å². The number of halogens is 2. The van der Waals surface area contributed by atoms with Gasteiger partial charge in [-0.3, -0.25) is 4.79 Å². The fourth-order valence-electron chi connectivity index (χ4n) is 2.21. The van der Waals surface area contributed by atoms with E-state index in [2.05, 4.69) is 0 Å². The molecule has 118 valence electrons. The summed E-state index contributed by atoms with van der Waals surface area (Å²) in [4.78, 5) is 14.1. The fraction of sp³-hybridized carbons (Fsp3) is 0.222. The highest BCUT2D eigenvalue weighted by atomic mass is 19.1. The van der Waals surface area contributed by atoms with E-state index in [-0.39, 0.29) is 11.6 Å². The van der Waals surface area contributed by atoms with Crippen LogP contribution in [0.25, 0.3) is 0 Å². The predicted molar refractivity (Wildman–Crippen MR) is 82.5 cm³/mol. The Bertz CT molecular complexity index is 728. The molecule has 5 heteroatoms. The van der Waals surface area contributed by atoms with Gasteiger partial charge in [-0.15, -0.1) is 0 Å². The number of carbonyl (C=O) groups is 1. The molecule has 3 nitrogen and oxygen atoms in total. The van der Waals surface area contributed by atoms with Crippen molar-refractivity contribution in [2.75, 3.05) is 0 Å². The van der Waals surface area contributed by atoms with Crippen LogP contribution in [0.5, 0.6) is 0 Å². The Labute approximate surface area is 133 Å². The summed E-state index contributed by atoms with van der Waals surface area (Å²) in [6, 6.07) is 11.5. The van der Waals surface area contributed by atoms with Gasteiger partial charge in [0, 0.05) is 24.2 Å². The minimum absolute atomic E-state index is 0.0233. The van der Waals surface area contributed by atoms with Crippen molar-refractivity contribution in [3.05, 3.63) is 70.8 Å². The van der Waals surface area contributed by atoms with Crippen molar-refractivity contribution >= 4 is 5.91 Å². The molecule has 0 radical (unpaired) electrons. The van der Waals surface area contributed by atoms with Crippen molar-refractivity contribution in [1.29, 1.82) is 5.26 Å². The van der Waals surface area contributed by atoms with Crippen LogP contribution >= 0.6 is 0 Å². The SMILES string of the molecule is CC(C)N(Cc1ccc(C#N)cc1)C(=O)c1cc(F)cc(F)c1. The maximum atomic E-state index is 13.3. The third-order valence-electron chi connectivity index (χ3n) is 3.43. The molecule has 0 aromatic heterocycles. The summed E-state index contributed by atoms with van der Waals surface area (Å²) in [7, 11) is 0. The second kappa shape index (κ2) is 7.01. The molecule has 0 aliphatic heterocycles. The Morgan fingerprint density at radius 3 is 2.17 bits per heavy atom. The zero-order chi connectivity index (χ0) is 17.0. The van der Waals surface area contributed by atoms with Gasteiger partial charge in [-0.1, -0.05) is 12.1 Å². The van der Waals surface area contributed by atoms with Crippen LogP contribution in [-0.4, -0.2) is 16.8 Å². The van der Waals surface area contributed by atoms with E-state index in [4.69, 9.17) is 5.26 Å². The summed E-state index contributed by atoms with van der Waals surface area (Å²) in [6.07, 6.45) is 0. The van der Waals surface area contributed by atoms with Gasteiger partial charge in [0.1, 0.15) is 11.6 Å². The first-order valence-corrected chi connectivity index (χ1v) is 7.17. The zero-order valence-electron chi connectivity index (χ0n) is 12.9. The molecule has 0 fully saturated rings. The lowest BCUT2D eigenvalue weighted by Gasteiger charge is -2.27. The van der Waals surface area contributed by atoms with Crippen LogP contribution in [0.2, 0.25) is 0 Å². The Balaban J connectivity index is 2.26. The standard InChI is InChI=1S/C18H16F2N2O/c1-12(2)22(11-14-5-3-13(10-21)4-6-14)18(23)15-7-16(19)9-17(20)8-15/h3-9,12H,11H2,1-2H3. The molecule has 0 unspecified atom stereocenters. The zero-order valence-corrected chi connectivity index (χ0v) is 12.9. The normalized spacial score (nSPS) is 10.4. The van der Waals surface area contributed by atoms with E-state index in [1.807, 2.05) is 19.9 Å². The van der Waals surface area contributed by atoms with Gasteiger partial charge in [0.25, 0.3) is 5.91 Å². The molecule has 2 aromatic carbocycles. The number of hydrogen-bond acceptors (Lipinski definition) is 2. The van der Waals surface area contributed by atoms with Crippen LogP contribution in [0.15, 0.2) is 42.5 Å². The van der Waals surface area contributed by atoms with Gasteiger partial charge in [0.15, 0.2) is 0 Å². The van der Waals surface area contributed by atoms with E-state index >= 15 is 0 Å². The number of amides is 1. The molecule has 0 atom stereocenters. The second-order valence-electron chi connectivity index (χ2n) is 5.49. The number of nitrogens with zero attached hydrogens (tertiary/aromatic N) is 2. The Morgan fingerprint density at radius 2 is 1.70 bits per heavy atom. The minimum atomic E-state index is -0.782. The summed E-state index contributed by atoms with van der Waals surface area (Å²) in [6.45, 7) is 3.95. The molecule has 0 bridgehead atoms. The van der Waals surface area contributed by atoms with Gasteiger partial charge in [-0.2, -0.15) is 5.26 Å². The van der Waals surface area contributed by atoms with Crippen molar-refractivity contribution in [3.63, 3.8) is 0 Å². The molecular formula is C18H16F2N2O. The minimum Gasteiger partial charge on any atom is -0.332 e. The lowest BCUT2D eigenvalue weighted by Crippen LogP contribution is -2.36. The molecule has 0 saturated carbocycles. The molecule has 0 heterocycles. The van der Waals surface area contributed by atoms with Crippen LogP contribution in [-0.2, 0) is 6.54 Å². The van der Waals surface area contributed by atoms with E-state index in [1.54, 1.807) is 24.3 Å². The van der Waals surface area contributed by atoms with E-state index in [1.165, 1.54) is 4.90 Å². The van der Waals surface area contributed by atoms with E-state index in [0.717, 1.165) is 23.8 Å². The largest absolute Gasteiger partial charge is 0.332 e. The molecule has 0 N–H and O–H groups in total. The van der Waals surface area contributed by atoms with E-state index in [0.29, 0.717) is 12.1 Å². The smallest absolute Gasteiger partial charge is 0.254 e. The fourth-order valence-corrected chi connectivity index (χ4v) is 2.21. The predicted octanol–water partition coefficient (Wildman–Crippen LogP) is 3.89. The van der Waals surface area contributed by atoms with Gasteiger partial charge >= 0.3 is 0 Å². The number of benzene rings is 2. The molecule has 0 spiro atoms. The first kappa shape index (κ1) is 16.6. The first-order valence-electron chi connectivity index (χ1n) is 7.17. The highest BCUT2D eigenvalue weighted by Crippen LogP contribution is 2.16. The Kier molecular flexibility index (Phi) is 5.07. The first-order chi connectivity index (χ1) is 10.9. The molecular weight excluding hydrogens is 298 g/mol. The van der Waals surface area contributed by atoms with Gasteiger partial charge < -0.3 is 4.90 Å². The lowest BCUT2D eigenvalue weighted by atomic mass is 10.1. The van der Waals surface area contributed by atoms with Gasteiger partial charge in [0.2, 0.25) is 0 Å². The average molecular weight is 314 g/mol. The molecule has 23 heavy (non-hydrogen) atoms. The summed E-state index contributed by atoms with van der Waals surface area (Å²) < 4.78 is 26.6. The highest BCUT2D eigenvalue weighted by Gasteiger charge is 2.20. The summed E-state index contributed by atoms with van der Waals surface area (Å²) >= 11 is 0. The lowest BCUT2D eigenvalue weighted by molar-refractivity contribution is 0.0689. The molecule has 1 amide bonds. The van der Waals surface area contributed by atoms with Crippen molar-refractivity contribution in [1.82, 2.24) is 4.90 Å². The monoisotopic (exact) mass is 314 g/mol. The summed E-state index contributed by atoms with van der Waals surface area (Å²) in [5.41, 5.74) is 1.34. The third-order valence-corrected chi connectivity index (χ3v) is 3.43. The van der Waals surface area contributed by atoms with E-state index in [9.17, 15) is 13.6 Å². The third kappa shape index (κ3) is 4.13. The number of carbonyl (C=O) groups excluding carboxylic acids is 1. The number of rotatable bonds is 4. The molecule has 0 aliphatic carbocycles. The summed E-state index contributed by atoms with van der Waals surface area (Å²) in [5, 5.41) is 8.80. The molecule has 2 aromatic rings. The maximum Gasteiger partial charge on any atom is 0.254 e. The van der Waals surface area contributed by atoms with Gasteiger partial charge in [-0.05, 0) is 43.7 Å². The van der Waals surface area contributed by atoms with Crippen molar-refractivity contribution in [2.24, 2.45) is 0 Å². The summed E-state index contributed by atoms with van der Waals surface area (Å²) in [5.74, 6) is -2.01. The highest BCUT2D eigenvalue weighted by molar-refractivity contribution is 5.94. The van der Waals surface area contributed by atoms with Crippen LogP contribution < -0.4 is 0 Å². The van der Waals surface area contributed by atoms with Crippen molar-refractivity contribution in [3.8, 4) is 6.07 Å². The molecule has 2 rings (SSSR count). The van der Waals surface area contributed by atoms with Crippen LogP contribution in [0, 0.1) is 23.0 Å². The second-order valence-corrected chi connectivity index (χ2v) is 5.49. The van der Waals surface area contributed by atoms with E-state index < -0.39 is 17.5 Å². The maximum absolute atomic E-state index is 13.3.